The molecule has 1 saturated heterocycles. The predicted molar refractivity (Wildman–Crippen MR) is 180 cm³/mol. The SMILES string of the molecule is CCC1C2CN(C(=O)C(C3CCCCC3)NC(=O)OC3CC3CCCC=Cc3nc4ccc(OC)cc4nc3O2)C1C(=O)OCC(C)C. The van der Waals surface area contributed by atoms with Gasteiger partial charge in [0.1, 0.15) is 35.7 Å². The number of alkyl carbamates (subject to hydrolysis) is 1. The van der Waals surface area contributed by atoms with Crippen molar-refractivity contribution in [3.8, 4) is 11.6 Å². The minimum atomic E-state index is -0.877. The molecule has 2 aliphatic carbocycles. The van der Waals surface area contributed by atoms with Crippen LogP contribution in [-0.2, 0) is 19.1 Å². The monoisotopic (exact) mass is 662 g/mol. The lowest BCUT2D eigenvalue weighted by Gasteiger charge is -2.34. The average Bonchev–Trinajstić information content (AvgIpc) is 3.71. The molecule has 1 aromatic carbocycles. The number of benzene rings is 1. The third-order valence-electron chi connectivity index (χ3n) is 10.3. The molecule has 11 heteroatoms. The normalized spacial score (nSPS) is 28.4. The summed E-state index contributed by atoms with van der Waals surface area (Å²) in [5.41, 5.74) is 1.92. The van der Waals surface area contributed by atoms with Crippen LogP contribution in [0.1, 0.15) is 90.7 Å². The molecule has 260 valence electrons. The van der Waals surface area contributed by atoms with Gasteiger partial charge < -0.3 is 29.2 Å². The van der Waals surface area contributed by atoms with Crippen LogP contribution < -0.4 is 14.8 Å². The lowest BCUT2D eigenvalue weighted by atomic mass is 9.83. The van der Waals surface area contributed by atoms with Gasteiger partial charge in [0, 0.05) is 12.0 Å². The van der Waals surface area contributed by atoms with E-state index in [4.69, 9.17) is 28.9 Å². The van der Waals surface area contributed by atoms with E-state index in [1.54, 1.807) is 12.0 Å². The molecule has 3 heterocycles. The van der Waals surface area contributed by atoms with Gasteiger partial charge in [0.25, 0.3) is 0 Å². The maximum atomic E-state index is 14.7. The first-order chi connectivity index (χ1) is 23.2. The number of allylic oxidation sites excluding steroid dienone is 1. The Morgan fingerprint density at radius 2 is 1.81 bits per heavy atom. The largest absolute Gasteiger partial charge is 0.497 e. The highest BCUT2D eigenvalue weighted by Gasteiger charge is 2.52. The number of amides is 2. The van der Waals surface area contributed by atoms with Crippen molar-refractivity contribution in [3.05, 3.63) is 30.0 Å². The van der Waals surface area contributed by atoms with E-state index in [2.05, 4.69) is 11.4 Å². The second-order valence-electron chi connectivity index (χ2n) is 14.2. The molecule has 2 bridgehead atoms. The standard InChI is InChI=1S/C37H50N4O7/c1-5-26-31-20-41(33(26)36(43)46-21-22(2)3)35(42)32(23-12-8-6-9-13-23)40-37(44)48-30-18-24(30)14-10-7-11-15-28-34(47-31)39-29-19-25(45-4)16-17-27(29)38-28/h11,15-17,19,22-24,26,30-33H,5-10,12-14,18,20-21H2,1-4H3,(H,40,44). The highest BCUT2D eigenvalue weighted by atomic mass is 16.6. The van der Waals surface area contributed by atoms with Crippen molar-refractivity contribution in [2.45, 2.75) is 109 Å². The van der Waals surface area contributed by atoms with E-state index in [1.165, 1.54) is 0 Å². The van der Waals surface area contributed by atoms with E-state index < -0.39 is 30.3 Å². The number of aromatic nitrogens is 2. The molecule has 6 atom stereocenters. The van der Waals surface area contributed by atoms with Crippen LogP contribution in [0.15, 0.2) is 24.3 Å². The molecule has 3 fully saturated rings. The lowest BCUT2D eigenvalue weighted by Crippen LogP contribution is -2.56. The first-order valence-electron chi connectivity index (χ1n) is 17.9. The fourth-order valence-corrected chi connectivity index (χ4v) is 7.54. The number of fused-ring (bicyclic) bond motifs is 5. The molecule has 6 rings (SSSR count). The van der Waals surface area contributed by atoms with Crippen molar-refractivity contribution in [3.63, 3.8) is 0 Å². The van der Waals surface area contributed by atoms with Crippen LogP contribution in [0.3, 0.4) is 0 Å². The van der Waals surface area contributed by atoms with E-state index in [9.17, 15) is 14.4 Å². The first-order valence-corrected chi connectivity index (χ1v) is 17.9. The van der Waals surface area contributed by atoms with Crippen LogP contribution in [-0.4, -0.2) is 77.4 Å². The van der Waals surface area contributed by atoms with Gasteiger partial charge in [-0.1, -0.05) is 46.1 Å². The van der Waals surface area contributed by atoms with E-state index >= 15 is 0 Å². The summed E-state index contributed by atoms with van der Waals surface area (Å²) in [5.74, 6) is 0.262. The van der Waals surface area contributed by atoms with Crippen LogP contribution in [0.4, 0.5) is 4.79 Å². The molecule has 0 radical (unpaired) electrons. The zero-order valence-electron chi connectivity index (χ0n) is 28.7. The molecule has 1 N–H and O–H groups in total. The Bertz CT molecular complexity index is 1510. The minimum Gasteiger partial charge on any atom is -0.497 e. The molecule has 2 aromatic rings. The number of ether oxygens (including phenoxy) is 4. The smallest absolute Gasteiger partial charge is 0.408 e. The van der Waals surface area contributed by atoms with E-state index in [1.807, 2.05) is 45.0 Å². The van der Waals surface area contributed by atoms with E-state index in [0.717, 1.165) is 57.8 Å². The van der Waals surface area contributed by atoms with Crippen LogP contribution in [0.2, 0.25) is 0 Å². The second-order valence-corrected chi connectivity index (χ2v) is 14.2. The number of nitrogens with one attached hydrogen (secondary N) is 1. The summed E-state index contributed by atoms with van der Waals surface area (Å²) in [6.07, 6.45) is 11.6. The van der Waals surface area contributed by atoms with Gasteiger partial charge in [0.2, 0.25) is 11.8 Å². The molecule has 48 heavy (non-hydrogen) atoms. The second kappa shape index (κ2) is 15.1. The summed E-state index contributed by atoms with van der Waals surface area (Å²) < 4.78 is 23.8. The number of methoxy groups -OCH3 is 1. The molecule has 0 spiro atoms. The number of rotatable bonds is 6. The van der Waals surface area contributed by atoms with E-state index in [0.29, 0.717) is 40.7 Å². The van der Waals surface area contributed by atoms with Gasteiger partial charge in [-0.05, 0) is 80.9 Å². The van der Waals surface area contributed by atoms with Gasteiger partial charge in [-0.2, -0.15) is 0 Å². The van der Waals surface area contributed by atoms with Crippen LogP contribution >= 0.6 is 0 Å². The van der Waals surface area contributed by atoms with Crippen molar-refractivity contribution in [1.82, 2.24) is 20.2 Å². The van der Waals surface area contributed by atoms with E-state index in [-0.39, 0.29) is 42.9 Å². The van der Waals surface area contributed by atoms with Crippen LogP contribution in [0.25, 0.3) is 17.1 Å². The molecule has 4 aliphatic rings. The predicted octanol–water partition coefficient (Wildman–Crippen LogP) is 6.08. The number of hydrogen-bond donors (Lipinski definition) is 1. The Labute approximate surface area is 283 Å². The molecule has 2 amide bonds. The third-order valence-corrected chi connectivity index (χ3v) is 10.3. The number of carbonyl (C=O) groups is 3. The topological polar surface area (TPSA) is 129 Å². The van der Waals surface area contributed by atoms with Crippen molar-refractivity contribution in [2.24, 2.45) is 23.7 Å². The lowest BCUT2D eigenvalue weighted by molar-refractivity contribution is -0.156. The Balaban J connectivity index is 1.40. The van der Waals surface area contributed by atoms with Crippen LogP contribution in [0, 0.1) is 23.7 Å². The maximum absolute atomic E-state index is 14.7. The Morgan fingerprint density at radius 3 is 2.56 bits per heavy atom. The average molecular weight is 663 g/mol. The molecular weight excluding hydrogens is 612 g/mol. The Hall–Kier alpha value is -3.89. The number of esters is 1. The summed E-state index contributed by atoms with van der Waals surface area (Å²) in [6, 6.07) is 3.86. The number of carbonyl (C=O) groups excluding carboxylic acids is 3. The summed E-state index contributed by atoms with van der Waals surface area (Å²) in [7, 11) is 1.61. The van der Waals surface area contributed by atoms with Crippen molar-refractivity contribution in [2.75, 3.05) is 20.3 Å². The zero-order chi connectivity index (χ0) is 33.8. The van der Waals surface area contributed by atoms with Crippen molar-refractivity contribution in [1.29, 1.82) is 0 Å². The molecular formula is C37H50N4O7. The Morgan fingerprint density at radius 1 is 1.02 bits per heavy atom. The molecule has 2 aliphatic heterocycles. The first kappa shape index (κ1) is 34.0. The summed E-state index contributed by atoms with van der Waals surface area (Å²) >= 11 is 0. The van der Waals surface area contributed by atoms with Crippen LogP contribution in [0.5, 0.6) is 11.6 Å². The van der Waals surface area contributed by atoms with Crippen molar-refractivity contribution >= 4 is 35.1 Å². The highest BCUT2D eigenvalue weighted by Crippen LogP contribution is 2.39. The van der Waals surface area contributed by atoms with Gasteiger partial charge in [0.15, 0.2) is 0 Å². The molecule has 11 nitrogen and oxygen atoms in total. The summed E-state index contributed by atoms with van der Waals surface area (Å²) in [6.45, 7) is 6.33. The van der Waals surface area contributed by atoms with Crippen molar-refractivity contribution < 1.29 is 33.3 Å². The Kier molecular flexibility index (Phi) is 10.7. The quantitative estimate of drug-likeness (QED) is 0.366. The van der Waals surface area contributed by atoms with Gasteiger partial charge in [0.05, 0.1) is 31.3 Å². The summed E-state index contributed by atoms with van der Waals surface area (Å²) in [5, 5.41) is 2.98. The number of hydrogen-bond acceptors (Lipinski definition) is 9. The van der Waals surface area contributed by atoms with Gasteiger partial charge >= 0.3 is 12.1 Å². The number of nitrogens with zero attached hydrogens (tertiary/aromatic N) is 3. The molecule has 2 saturated carbocycles. The fraction of sp³-hybridized carbons (Fsp3) is 0.649. The van der Waals surface area contributed by atoms with Gasteiger partial charge in [-0.3, -0.25) is 4.79 Å². The van der Waals surface area contributed by atoms with Gasteiger partial charge in [-0.15, -0.1) is 0 Å². The molecule has 1 aromatic heterocycles. The summed E-state index contributed by atoms with van der Waals surface area (Å²) in [4.78, 5) is 53.2. The highest BCUT2D eigenvalue weighted by molar-refractivity contribution is 5.91. The zero-order valence-corrected chi connectivity index (χ0v) is 28.7. The minimum absolute atomic E-state index is 0.0511. The third kappa shape index (κ3) is 7.70. The van der Waals surface area contributed by atoms with Gasteiger partial charge in [-0.25, -0.2) is 19.6 Å². The fourth-order valence-electron chi connectivity index (χ4n) is 7.54. The molecule has 6 unspecified atom stereocenters. The maximum Gasteiger partial charge on any atom is 0.408 e.